The van der Waals surface area contributed by atoms with E-state index in [-0.39, 0.29) is 11.2 Å². The summed E-state index contributed by atoms with van der Waals surface area (Å²) < 4.78 is 6.14. The third-order valence-electron chi connectivity index (χ3n) is 4.12. The van der Waals surface area contributed by atoms with Crippen molar-refractivity contribution < 1.29 is 4.74 Å². The Morgan fingerprint density at radius 3 is 2.44 bits per heavy atom. The standard InChI is InChI=1S/C13H25NOS/c1-12(2)7-10(13(3,4)15-12)11(14)9-5-6-16-8-9/h9-11H,5-8,14H2,1-4H3. The van der Waals surface area contributed by atoms with Gasteiger partial charge in [-0.25, -0.2) is 0 Å². The molecule has 2 fully saturated rings. The number of thioether (sulfide) groups is 1. The Kier molecular flexibility index (Phi) is 3.32. The second kappa shape index (κ2) is 4.18. The predicted molar refractivity (Wildman–Crippen MR) is 70.8 cm³/mol. The second-order valence-electron chi connectivity index (χ2n) is 6.48. The van der Waals surface area contributed by atoms with E-state index in [4.69, 9.17) is 10.5 Å². The van der Waals surface area contributed by atoms with Crippen LogP contribution < -0.4 is 5.73 Å². The van der Waals surface area contributed by atoms with Gasteiger partial charge in [0.15, 0.2) is 0 Å². The molecule has 2 heterocycles. The molecular weight excluding hydrogens is 218 g/mol. The van der Waals surface area contributed by atoms with Crippen molar-refractivity contribution in [2.45, 2.75) is 57.8 Å². The topological polar surface area (TPSA) is 35.2 Å². The van der Waals surface area contributed by atoms with E-state index in [0.29, 0.717) is 17.9 Å². The second-order valence-corrected chi connectivity index (χ2v) is 7.63. The minimum Gasteiger partial charge on any atom is -0.369 e. The average molecular weight is 243 g/mol. The Hall–Kier alpha value is 0.270. The lowest BCUT2D eigenvalue weighted by molar-refractivity contribution is -0.0778. The van der Waals surface area contributed by atoms with Crippen molar-refractivity contribution in [3.05, 3.63) is 0 Å². The summed E-state index contributed by atoms with van der Waals surface area (Å²) in [4.78, 5) is 0. The molecule has 0 bridgehead atoms. The average Bonchev–Trinajstić information content (AvgIpc) is 2.69. The van der Waals surface area contributed by atoms with Gasteiger partial charge in [-0.1, -0.05) is 0 Å². The van der Waals surface area contributed by atoms with Gasteiger partial charge in [0.25, 0.3) is 0 Å². The first-order valence-electron chi connectivity index (χ1n) is 6.35. The molecule has 0 aromatic heterocycles. The Morgan fingerprint density at radius 2 is 2.00 bits per heavy atom. The monoisotopic (exact) mass is 243 g/mol. The zero-order valence-corrected chi connectivity index (χ0v) is 11.8. The number of nitrogens with two attached hydrogens (primary N) is 1. The van der Waals surface area contributed by atoms with Crippen molar-refractivity contribution >= 4 is 11.8 Å². The van der Waals surface area contributed by atoms with Crippen LogP contribution in [0.3, 0.4) is 0 Å². The van der Waals surface area contributed by atoms with Gasteiger partial charge in [0, 0.05) is 12.0 Å². The number of ether oxygens (including phenoxy) is 1. The van der Waals surface area contributed by atoms with Crippen molar-refractivity contribution in [3.63, 3.8) is 0 Å². The molecule has 0 amide bonds. The van der Waals surface area contributed by atoms with Gasteiger partial charge in [-0.05, 0) is 58.0 Å². The van der Waals surface area contributed by atoms with Gasteiger partial charge >= 0.3 is 0 Å². The summed E-state index contributed by atoms with van der Waals surface area (Å²) >= 11 is 2.05. The maximum absolute atomic E-state index is 6.49. The molecule has 2 aliphatic heterocycles. The molecule has 94 valence electrons. The van der Waals surface area contributed by atoms with Crippen LogP contribution >= 0.6 is 11.8 Å². The molecule has 2 saturated heterocycles. The largest absolute Gasteiger partial charge is 0.369 e. The van der Waals surface area contributed by atoms with Crippen molar-refractivity contribution in [1.82, 2.24) is 0 Å². The molecule has 0 aromatic rings. The molecule has 16 heavy (non-hydrogen) atoms. The summed E-state index contributed by atoms with van der Waals surface area (Å²) in [5.74, 6) is 3.74. The van der Waals surface area contributed by atoms with E-state index in [9.17, 15) is 0 Å². The maximum atomic E-state index is 6.49. The highest BCUT2D eigenvalue weighted by atomic mass is 32.2. The van der Waals surface area contributed by atoms with Gasteiger partial charge in [-0.3, -0.25) is 0 Å². The van der Waals surface area contributed by atoms with Crippen molar-refractivity contribution in [2.24, 2.45) is 17.6 Å². The summed E-state index contributed by atoms with van der Waals surface area (Å²) in [6.45, 7) is 8.78. The molecule has 0 radical (unpaired) electrons. The van der Waals surface area contributed by atoms with Crippen LogP contribution in [0.15, 0.2) is 0 Å². The van der Waals surface area contributed by atoms with E-state index in [0.717, 1.165) is 6.42 Å². The summed E-state index contributed by atoms with van der Waals surface area (Å²) in [5.41, 5.74) is 6.43. The summed E-state index contributed by atoms with van der Waals surface area (Å²) in [6.07, 6.45) is 2.39. The molecule has 0 spiro atoms. The Bertz CT molecular complexity index is 259. The predicted octanol–water partition coefficient (Wildman–Crippen LogP) is 2.66. The van der Waals surface area contributed by atoms with Crippen LogP contribution in [0.1, 0.15) is 40.5 Å². The minimum atomic E-state index is -0.0594. The van der Waals surface area contributed by atoms with Gasteiger partial charge < -0.3 is 10.5 Å². The Labute approximate surface area is 104 Å². The molecule has 2 rings (SSSR count). The van der Waals surface area contributed by atoms with Crippen LogP contribution in [0.25, 0.3) is 0 Å². The fourth-order valence-corrected chi connectivity index (χ4v) is 4.72. The fraction of sp³-hybridized carbons (Fsp3) is 1.00. The van der Waals surface area contributed by atoms with Crippen LogP contribution in [-0.2, 0) is 4.74 Å². The molecule has 3 heteroatoms. The molecule has 0 saturated carbocycles. The maximum Gasteiger partial charge on any atom is 0.0677 e. The molecule has 2 nitrogen and oxygen atoms in total. The van der Waals surface area contributed by atoms with Crippen molar-refractivity contribution in [3.8, 4) is 0 Å². The van der Waals surface area contributed by atoms with Gasteiger partial charge in [0.2, 0.25) is 0 Å². The molecule has 0 aromatic carbocycles. The lowest BCUT2D eigenvalue weighted by atomic mass is 9.77. The number of hydrogen-bond acceptors (Lipinski definition) is 3. The van der Waals surface area contributed by atoms with Gasteiger partial charge in [0.05, 0.1) is 11.2 Å². The van der Waals surface area contributed by atoms with Crippen molar-refractivity contribution in [2.75, 3.05) is 11.5 Å². The van der Waals surface area contributed by atoms with Crippen LogP contribution in [-0.4, -0.2) is 28.7 Å². The molecular formula is C13H25NOS. The summed E-state index contributed by atoms with van der Waals surface area (Å²) in [7, 11) is 0. The lowest BCUT2D eigenvalue weighted by Gasteiger charge is -2.33. The van der Waals surface area contributed by atoms with E-state index >= 15 is 0 Å². The van der Waals surface area contributed by atoms with Crippen LogP contribution in [0.2, 0.25) is 0 Å². The molecule has 2 N–H and O–H groups in total. The van der Waals surface area contributed by atoms with Gasteiger partial charge in [0.1, 0.15) is 0 Å². The van der Waals surface area contributed by atoms with Crippen LogP contribution in [0, 0.1) is 11.8 Å². The third-order valence-corrected chi connectivity index (χ3v) is 5.31. The van der Waals surface area contributed by atoms with Crippen LogP contribution in [0.5, 0.6) is 0 Å². The first-order valence-corrected chi connectivity index (χ1v) is 7.51. The summed E-state index contributed by atoms with van der Waals surface area (Å²) in [6, 6.07) is 0.312. The van der Waals surface area contributed by atoms with E-state index < -0.39 is 0 Å². The lowest BCUT2D eigenvalue weighted by Crippen LogP contribution is -2.45. The quantitative estimate of drug-likeness (QED) is 0.810. The van der Waals surface area contributed by atoms with Gasteiger partial charge in [-0.15, -0.1) is 0 Å². The Morgan fingerprint density at radius 1 is 1.31 bits per heavy atom. The zero-order valence-electron chi connectivity index (χ0n) is 11.0. The summed E-state index contributed by atoms with van der Waals surface area (Å²) in [5, 5.41) is 0. The van der Waals surface area contributed by atoms with Gasteiger partial charge in [-0.2, -0.15) is 11.8 Å². The molecule has 2 aliphatic rings. The first kappa shape index (κ1) is 12.7. The van der Waals surface area contributed by atoms with E-state index in [2.05, 4.69) is 27.7 Å². The van der Waals surface area contributed by atoms with E-state index in [1.165, 1.54) is 17.9 Å². The first-order chi connectivity index (χ1) is 7.32. The molecule has 3 atom stereocenters. The highest BCUT2D eigenvalue weighted by Crippen LogP contribution is 2.45. The number of rotatable bonds is 2. The SMILES string of the molecule is CC1(C)CC(C(N)C2CCSC2)C(C)(C)O1. The highest BCUT2D eigenvalue weighted by Gasteiger charge is 2.49. The molecule has 3 unspecified atom stereocenters. The molecule has 0 aliphatic carbocycles. The van der Waals surface area contributed by atoms with Crippen molar-refractivity contribution in [1.29, 1.82) is 0 Å². The zero-order chi connectivity index (χ0) is 12.0. The van der Waals surface area contributed by atoms with E-state index in [1.807, 2.05) is 11.8 Å². The minimum absolute atomic E-state index is 0.00245. The van der Waals surface area contributed by atoms with Crippen LogP contribution in [0.4, 0.5) is 0 Å². The fourth-order valence-electron chi connectivity index (χ4n) is 3.39. The smallest absolute Gasteiger partial charge is 0.0677 e. The third kappa shape index (κ3) is 2.41. The highest BCUT2D eigenvalue weighted by molar-refractivity contribution is 7.99. The van der Waals surface area contributed by atoms with E-state index in [1.54, 1.807) is 0 Å². The Balaban J connectivity index is 2.08. The number of hydrogen-bond donors (Lipinski definition) is 1. The normalized spacial score (nSPS) is 38.8.